The molecule has 0 spiro atoms. The van der Waals surface area contributed by atoms with E-state index in [2.05, 4.69) is 63.9 Å². The van der Waals surface area contributed by atoms with Crippen LogP contribution in [0.4, 0.5) is 0 Å². The zero-order valence-corrected chi connectivity index (χ0v) is 14.9. The molecule has 2 nitrogen and oxygen atoms in total. The molecule has 0 unspecified atom stereocenters. The Morgan fingerprint density at radius 3 is 2.17 bits per heavy atom. The molecule has 3 rings (SSSR count). The van der Waals surface area contributed by atoms with Gasteiger partial charge in [0.05, 0.1) is 0 Å². The Morgan fingerprint density at radius 2 is 1.61 bits per heavy atom. The van der Waals surface area contributed by atoms with E-state index in [0.717, 1.165) is 16.7 Å². The average molecular weight is 309 g/mol. The second-order valence-electron chi connectivity index (χ2n) is 6.27. The van der Waals surface area contributed by atoms with E-state index in [4.69, 9.17) is 4.42 Å². The van der Waals surface area contributed by atoms with Crippen molar-refractivity contribution in [2.45, 2.75) is 53.4 Å². The Balaban J connectivity index is 0.000000433. The maximum absolute atomic E-state index is 5.82. The quantitative estimate of drug-likeness (QED) is 0.536. The first kappa shape index (κ1) is 17.3. The van der Waals surface area contributed by atoms with E-state index in [1.54, 1.807) is 0 Å². The molecule has 0 radical (unpaired) electrons. The summed E-state index contributed by atoms with van der Waals surface area (Å²) in [5, 5.41) is 0. The third kappa shape index (κ3) is 4.44. The van der Waals surface area contributed by atoms with Gasteiger partial charge in [-0.3, -0.25) is 0 Å². The number of nitrogens with zero attached hydrogens (tertiary/aromatic N) is 1. The fourth-order valence-electron chi connectivity index (χ4n) is 2.12. The van der Waals surface area contributed by atoms with Gasteiger partial charge in [0, 0.05) is 5.56 Å². The molecular formula is C21H27NO. The number of rotatable bonds is 3. The summed E-state index contributed by atoms with van der Waals surface area (Å²) in [6.07, 6.45) is 2.64. The van der Waals surface area contributed by atoms with Crippen molar-refractivity contribution in [3.63, 3.8) is 0 Å². The summed E-state index contributed by atoms with van der Waals surface area (Å²) in [6.45, 7) is 10.8. The van der Waals surface area contributed by atoms with Crippen molar-refractivity contribution in [2.75, 3.05) is 0 Å². The van der Waals surface area contributed by atoms with E-state index in [1.165, 1.54) is 24.0 Å². The third-order valence-corrected chi connectivity index (χ3v) is 3.88. The molecule has 0 saturated heterocycles. The highest BCUT2D eigenvalue weighted by Crippen LogP contribution is 2.26. The number of hydrogen-bond donors (Lipinski definition) is 0. The molecule has 0 N–H and O–H groups in total. The zero-order chi connectivity index (χ0) is 16.8. The van der Waals surface area contributed by atoms with Crippen LogP contribution in [0.3, 0.4) is 0 Å². The zero-order valence-electron chi connectivity index (χ0n) is 14.9. The smallest absolute Gasteiger partial charge is 0.227 e. The highest BCUT2D eigenvalue weighted by atomic mass is 16.3. The lowest BCUT2D eigenvalue weighted by Gasteiger charge is -2.02. The second kappa shape index (κ2) is 7.96. The van der Waals surface area contributed by atoms with Gasteiger partial charge >= 0.3 is 0 Å². The van der Waals surface area contributed by atoms with Crippen LogP contribution in [-0.4, -0.2) is 4.98 Å². The van der Waals surface area contributed by atoms with Gasteiger partial charge in [0.25, 0.3) is 0 Å². The maximum Gasteiger partial charge on any atom is 0.227 e. The van der Waals surface area contributed by atoms with Crippen molar-refractivity contribution in [2.24, 2.45) is 0 Å². The molecule has 0 bridgehead atoms. The Hall–Kier alpha value is -2.09. The van der Waals surface area contributed by atoms with Crippen LogP contribution in [0, 0.1) is 6.92 Å². The van der Waals surface area contributed by atoms with E-state index >= 15 is 0 Å². The van der Waals surface area contributed by atoms with Gasteiger partial charge in [-0.1, -0.05) is 64.3 Å². The molecule has 0 amide bonds. The highest BCUT2D eigenvalue weighted by molar-refractivity contribution is 5.77. The lowest BCUT2D eigenvalue weighted by molar-refractivity contribution is 0.619. The van der Waals surface area contributed by atoms with Gasteiger partial charge in [0.15, 0.2) is 5.58 Å². The molecule has 2 aromatic carbocycles. The van der Waals surface area contributed by atoms with Crippen molar-refractivity contribution < 1.29 is 4.42 Å². The minimum absolute atomic E-state index is 0.504. The monoisotopic (exact) mass is 309 g/mol. The Labute approximate surface area is 139 Å². The number of benzene rings is 2. The second-order valence-corrected chi connectivity index (χ2v) is 6.27. The Kier molecular flexibility index (Phi) is 5.97. The number of fused-ring (bicyclic) bond motifs is 1. The number of hydrogen-bond acceptors (Lipinski definition) is 2. The molecule has 1 heterocycles. The summed E-state index contributed by atoms with van der Waals surface area (Å²) in [5.41, 5.74) is 5.33. The topological polar surface area (TPSA) is 26.0 Å². The molecular weight excluding hydrogens is 282 g/mol. The van der Waals surface area contributed by atoms with Gasteiger partial charge in [-0.25, -0.2) is 4.98 Å². The molecule has 0 saturated carbocycles. The SMILES string of the molecule is CCCC.Cc1ccc(-c2nc3cc(C(C)C)ccc3o2)cc1. The van der Waals surface area contributed by atoms with E-state index in [-0.39, 0.29) is 0 Å². The lowest BCUT2D eigenvalue weighted by Crippen LogP contribution is -1.85. The van der Waals surface area contributed by atoms with Crippen molar-refractivity contribution in [1.29, 1.82) is 0 Å². The predicted octanol–water partition coefficient (Wildman–Crippen LogP) is 6.73. The first-order valence-electron chi connectivity index (χ1n) is 8.52. The molecule has 122 valence electrons. The summed E-state index contributed by atoms with van der Waals surface area (Å²) in [7, 11) is 0. The molecule has 3 aromatic rings. The highest BCUT2D eigenvalue weighted by Gasteiger charge is 2.09. The van der Waals surface area contributed by atoms with Crippen molar-refractivity contribution in [1.82, 2.24) is 4.98 Å². The van der Waals surface area contributed by atoms with Gasteiger partial charge in [0.2, 0.25) is 5.89 Å². The van der Waals surface area contributed by atoms with Gasteiger partial charge in [-0.2, -0.15) is 0 Å². The van der Waals surface area contributed by atoms with Gasteiger partial charge < -0.3 is 4.42 Å². The molecule has 0 atom stereocenters. The van der Waals surface area contributed by atoms with Crippen LogP contribution in [0.25, 0.3) is 22.6 Å². The van der Waals surface area contributed by atoms with Gasteiger partial charge in [-0.15, -0.1) is 0 Å². The normalized spacial score (nSPS) is 10.7. The summed E-state index contributed by atoms with van der Waals surface area (Å²) < 4.78 is 5.82. The van der Waals surface area contributed by atoms with Crippen LogP contribution in [0.15, 0.2) is 46.9 Å². The van der Waals surface area contributed by atoms with Crippen LogP contribution in [0.5, 0.6) is 0 Å². The fourth-order valence-corrected chi connectivity index (χ4v) is 2.12. The van der Waals surface area contributed by atoms with Crippen LogP contribution < -0.4 is 0 Å². The minimum Gasteiger partial charge on any atom is -0.436 e. The number of aryl methyl sites for hydroxylation is 1. The van der Waals surface area contributed by atoms with Crippen LogP contribution in [0.2, 0.25) is 0 Å². The predicted molar refractivity (Wildman–Crippen MR) is 98.9 cm³/mol. The molecule has 0 aliphatic heterocycles. The number of oxazole rings is 1. The molecule has 23 heavy (non-hydrogen) atoms. The largest absolute Gasteiger partial charge is 0.436 e. The van der Waals surface area contributed by atoms with E-state index in [9.17, 15) is 0 Å². The van der Waals surface area contributed by atoms with E-state index < -0.39 is 0 Å². The van der Waals surface area contributed by atoms with Gasteiger partial charge in [-0.05, 0) is 42.7 Å². The van der Waals surface area contributed by atoms with E-state index in [0.29, 0.717) is 11.8 Å². The number of aromatic nitrogens is 1. The number of unbranched alkanes of at least 4 members (excludes halogenated alkanes) is 1. The average Bonchev–Trinajstić information content (AvgIpc) is 2.98. The van der Waals surface area contributed by atoms with Crippen molar-refractivity contribution >= 4 is 11.1 Å². The molecule has 2 heteroatoms. The molecule has 0 aliphatic carbocycles. The first-order valence-corrected chi connectivity index (χ1v) is 8.52. The minimum atomic E-state index is 0.504. The summed E-state index contributed by atoms with van der Waals surface area (Å²) in [4.78, 5) is 4.59. The van der Waals surface area contributed by atoms with Crippen molar-refractivity contribution in [3.05, 3.63) is 53.6 Å². The molecule has 0 fully saturated rings. The Morgan fingerprint density at radius 1 is 0.957 bits per heavy atom. The fraction of sp³-hybridized carbons (Fsp3) is 0.381. The van der Waals surface area contributed by atoms with Crippen LogP contribution >= 0.6 is 0 Å². The molecule has 0 aliphatic rings. The summed E-state index contributed by atoms with van der Waals surface area (Å²) in [5.74, 6) is 1.19. The van der Waals surface area contributed by atoms with Crippen LogP contribution in [0.1, 0.15) is 57.6 Å². The maximum atomic E-state index is 5.82. The molecule has 1 aromatic heterocycles. The van der Waals surface area contributed by atoms with Gasteiger partial charge in [0.1, 0.15) is 5.52 Å². The van der Waals surface area contributed by atoms with Crippen LogP contribution in [-0.2, 0) is 0 Å². The third-order valence-electron chi connectivity index (χ3n) is 3.88. The Bertz CT molecular complexity index is 736. The first-order chi connectivity index (χ1) is 11.0. The van der Waals surface area contributed by atoms with E-state index in [1.807, 2.05) is 18.2 Å². The lowest BCUT2D eigenvalue weighted by atomic mass is 10.0. The summed E-state index contributed by atoms with van der Waals surface area (Å²) >= 11 is 0. The summed E-state index contributed by atoms with van der Waals surface area (Å²) in [6, 6.07) is 14.5. The standard InChI is InChI=1S/C17H17NO.C4H10/c1-11(2)14-8-9-16-15(10-14)18-17(19-16)13-6-4-12(3)5-7-13;1-3-4-2/h4-11H,1-3H3;3-4H2,1-2H3. The van der Waals surface area contributed by atoms with Crippen molar-refractivity contribution in [3.8, 4) is 11.5 Å².